The first-order valence-electron chi connectivity index (χ1n) is 9.73. The Morgan fingerprint density at radius 1 is 1.30 bits per heavy atom. The number of likely N-dealkylation sites (N-methyl/N-ethyl adjacent to an activating group) is 1. The topological polar surface area (TPSA) is 82.1 Å². The number of carboxylic acid groups (broad SMARTS) is 1. The molecule has 1 aromatic carbocycles. The maximum atomic E-state index is 12.4. The Hall–Kier alpha value is -2.28. The van der Waals surface area contributed by atoms with Gasteiger partial charge in [0.15, 0.2) is 0 Å². The van der Waals surface area contributed by atoms with Gasteiger partial charge in [-0.05, 0) is 32.0 Å². The number of para-hydroxylation sites is 1. The van der Waals surface area contributed by atoms with E-state index >= 15 is 0 Å². The highest BCUT2D eigenvalue weighted by atomic mass is 16.5. The Kier molecular flexibility index (Phi) is 8.39. The molecule has 1 atom stereocenters. The average molecular weight is 377 g/mol. The summed E-state index contributed by atoms with van der Waals surface area (Å²) in [6, 6.07) is 7.45. The molecule has 27 heavy (non-hydrogen) atoms. The molecule has 0 radical (unpaired) electrons. The summed E-state index contributed by atoms with van der Waals surface area (Å²) in [5.74, 6) is -0.536. The lowest BCUT2D eigenvalue weighted by Crippen LogP contribution is -2.46. The summed E-state index contributed by atoms with van der Waals surface area (Å²) in [7, 11) is 0. The van der Waals surface area contributed by atoms with Crippen LogP contribution in [0.15, 0.2) is 24.3 Å². The number of carbonyl (C=O) groups is 2. The lowest BCUT2D eigenvalue weighted by molar-refractivity contribution is -0.143. The van der Waals surface area contributed by atoms with Crippen LogP contribution in [0.2, 0.25) is 0 Å². The van der Waals surface area contributed by atoms with E-state index in [0.717, 1.165) is 37.4 Å². The van der Waals surface area contributed by atoms with Crippen LogP contribution in [0.25, 0.3) is 0 Å². The highest BCUT2D eigenvalue weighted by molar-refractivity contribution is 5.76. The van der Waals surface area contributed by atoms with E-state index in [4.69, 9.17) is 9.84 Å². The Balaban J connectivity index is 1.86. The molecule has 7 nitrogen and oxygen atoms in total. The highest BCUT2D eigenvalue weighted by Gasteiger charge is 2.28. The molecule has 1 unspecified atom stereocenters. The predicted molar refractivity (Wildman–Crippen MR) is 104 cm³/mol. The Morgan fingerprint density at radius 2 is 2.04 bits per heavy atom. The van der Waals surface area contributed by atoms with Crippen molar-refractivity contribution >= 4 is 12.0 Å². The molecule has 0 aliphatic carbocycles. The van der Waals surface area contributed by atoms with Crippen LogP contribution in [-0.4, -0.2) is 66.2 Å². The van der Waals surface area contributed by atoms with Gasteiger partial charge in [-0.2, -0.15) is 0 Å². The number of urea groups is 1. The van der Waals surface area contributed by atoms with Crippen molar-refractivity contribution in [3.8, 4) is 5.75 Å². The van der Waals surface area contributed by atoms with Crippen molar-refractivity contribution in [2.24, 2.45) is 5.92 Å². The molecule has 1 heterocycles. The number of aliphatic carboxylic acids is 1. The number of rotatable bonds is 9. The number of nitrogens with one attached hydrogen (secondary N) is 1. The van der Waals surface area contributed by atoms with Gasteiger partial charge in [0.2, 0.25) is 0 Å². The number of hydrogen-bond donors (Lipinski definition) is 2. The van der Waals surface area contributed by atoms with Crippen LogP contribution < -0.4 is 10.1 Å². The van der Waals surface area contributed by atoms with Crippen LogP contribution in [0.4, 0.5) is 4.79 Å². The summed E-state index contributed by atoms with van der Waals surface area (Å²) < 4.78 is 5.91. The number of amides is 2. The minimum absolute atomic E-state index is 0.223. The van der Waals surface area contributed by atoms with Crippen molar-refractivity contribution < 1.29 is 19.4 Å². The fraction of sp³-hybridized carbons (Fsp3) is 0.600. The molecule has 7 heteroatoms. The molecule has 0 aromatic heterocycles. The van der Waals surface area contributed by atoms with E-state index in [-0.39, 0.29) is 12.6 Å². The van der Waals surface area contributed by atoms with E-state index in [1.165, 1.54) is 0 Å². The summed E-state index contributed by atoms with van der Waals surface area (Å²) >= 11 is 0. The largest absolute Gasteiger partial charge is 0.492 e. The lowest BCUT2D eigenvalue weighted by Gasteiger charge is -2.30. The van der Waals surface area contributed by atoms with Crippen LogP contribution in [0.5, 0.6) is 5.75 Å². The molecule has 0 saturated carbocycles. The minimum Gasteiger partial charge on any atom is -0.492 e. The van der Waals surface area contributed by atoms with Gasteiger partial charge in [0.25, 0.3) is 0 Å². The van der Waals surface area contributed by atoms with Gasteiger partial charge < -0.3 is 25.0 Å². The van der Waals surface area contributed by atoms with Crippen LogP contribution in [0.3, 0.4) is 0 Å². The SMILES string of the molecule is CCN(CC)CCOc1ccccc1CNC(=O)N1CCCC(C(=O)O)C1. The monoisotopic (exact) mass is 377 g/mol. The van der Waals surface area contributed by atoms with E-state index < -0.39 is 11.9 Å². The van der Waals surface area contributed by atoms with Gasteiger partial charge >= 0.3 is 12.0 Å². The minimum atomic E-state index is -0.834. The van der Waals surface area contributed by atoms with Crippen molar-refractivity contribution in [1.82, 2.24) is 15.1 Å². The summed E-state index contributed by atoms with van der Waals surface area (Å²) in [5, 5.41) is 12.1. The number of carboxylic acids is 1. The predicted octanol–water partition coefficient (Wildman–Crippen LogP) is 2.41. The molecule has 1 aromatic rings. The molecule has 2 N–H and O–H groups in total. The zero-order valence-corrected chi connectivity index (χ0v) is 16.3. The molecule has 2 amide bonds. The fourth-order valence-corrected chi connectivity index (χ4v) is 3.26. The molecule has 0 spiro atoms. The van der Waals surface area contributed by atoms with E-state index in [0.29, 0.717) is 26.1 Å². The summed E-state index contributed by atoms with van der Waals surface area (Å²) in [6.07, 6.45) is 1.35. The summed E-state index contributed by atoms with van der Waals surface area (Å²) in [6.45, 7) is 8.91. The molecule has 1 aliphatic heterocycles. The lowest BCUT2D eigenvalue weighted by atomic mass is 9.99. The Morgan fingerprint density at radius 3 is 2.74 bits per heavy atom. The fourth-order valence-electron chi connectivity index (χ4n) is 3.26. The van der Waals surface area contributed by atoms with Gasteiger partial charge in [-0.15, -0.1) is 0 Å². The van der Waals surface area contributed by atoms with E-state index in [1.807, 2.05) is 24.3 Å². The van der Waals surface area contributed by atoms with E-state index in [2.05, 4.69) is 24.1 Å². The number of hydrogen-bond acceptors (Lipinski definition) is 4. The standard InChI is InChI=1S/C20H31N3O4/c1-3-22(4-2)12-13-27-18-10-6-5-8-16(18)14-21-20(26)23-11-7-9-17(15-23)19(24)25/h5-6,8,10,17H,3-4,7,9,11-15H2,1-2H3,(H,21,26)(H,24,25). The quantitative estimate of drug-likeness (QED) is 0.691. The average Bonchev–Trinajstić information content (AvgIpc) is 2.70. The first kappa shape index (κ1) is 21.0. The third-order valence-electron chi connectivity index (χ3n) is 5.02. The number of ether oxygens (including phenoxy) is 1. The third-order valence-corrected chi connectivity index (χ3v) is 5.02. The van der Waals surface area contributed by atoms with Crippen LogP contribution in [-0.2, 0) is 11.3 Å². The molecule has 1 saturated heterocycles. The number of nitrogens with zero attached hydrogens (tertiary/aromatic N) is 2. The molecular weight excluding hydrogens is 346 g/mol. The number of likely N-dealkylation sites (tertiary alicyclic amines) is 1. The second kappa shape index (κ2) is 10.8. The molecule has 1 aliphatic rings. The van der Waals surface area contributed by atoms with Gasteiger partial charge in [0, 0.05) is 31.7 Å². The van der Waals surface area contributed by atoms with Gasteiger partial charge in [-0.25, -0.2) is 4.79 Å². The van der Waals surface area contributed by atoms with E-state index in [9.17, 15) is 9.59 Å². The van der Waals surface area contributed by atoms with Crippen LogP contribution in [0.1, 0.15) is 32.3 Å². The Labute approximate surface area is 161 Å². The molecule has 1 fully saturated rings. The normalized spacial score (nSPS) is 17.0. The number of piperidine rings is 1. The van der Waals surface area contributed by atoms with Gasteiger partial charge in [-0.3, -0.25) is 4.79 Å². The molecule has 150 valence electrons. The van der Waals surface area contributed by atoms with Gasteiger partial charge in [0.05, 0.1) is 5.92 Å². The smallest absolute Gasteiger partial charge is 0.317 e. The van der Waals surface area contributed by atoms with Crippen molar-refractivity contribution in [2.45, 2.75) is 33.2 Å². The molecule has 2 rings (SSSR count). The second-order valence-electron chi connectivity index (χ2n) is 6.77. The van der Waals surface area contributed by atoms with Gasteiger partial charge in [0.1, 0.15) is 12.4 Å². The van der Waals surface area contributed by atoms with E-state index in [1.54, 1.807) is 4.90 Å². The van der Waals surface area contributed by atoms with Crippen LogP contribution in [0, 0.1) is 5.92 Å². The van der Waals surface area contributed by atoms with Crippen molar-refractivity contribution in [2.75, 3.05) is 39.3 Å². The zero-order valence-electron chi connectivity index (χ0n) is 16.3. The molecular formula is C20H31N3O4. The third kappa shape index (κ3) is 6.43. The highest BCUT2D eigenvalue weighted by Crippen LogP contribution is 2.19. The summed E-state index contributed by atoms with van der Waals surface area (Å²) in [4.78, 5) is 27.4. The van der Waals surface area contributed by atoms with Crippen molar-refractivity contribution in [1.29, 1.82) is 0 Å². The second-order valence-corrected chi connectivity index (χ2v) is 6.77. The first-order valence-corrected chi connectivity index (χ1v) is 9.73. The van der Waals surface area contributed by atoms with Crippen molar-refractivity contribution in [3.63, 3.8) is 0 Å². The molecule has 0 bridgehead atoms. The number of benzene rings is 1. The Bertz CT molecular complexity index is 619. The zero-order chi connectivity index (χ0) is 19.6. The summed E-state index contributed by atoms with van der Waals surface area (Å²) in [5.41, 5.74) is 0.914. The van der Waals surface area contributed by atoms with Gasteiger partial charge in [-0.1, -0.05) is 32.0 Å². The van der Waals surface area contributed by atoms with Crippen LogP contribution >= 0.6 is 0 Å². The maximum Gasteiger partial charge on any atom is 0.317 e. The van der Waals surface area contributed by atoms with Crippen molar-refractivity contribution in [3.05, 3.63) is 29.8 Å². The maximum absolute atomic E-state index is 12.4. The first-order chi connectivity index (χ1) is 13.0. The number of carbonyl (C=O) groups excluding carboxylic acids is 1.